The fourth-order valence-corrected chi connectivity index (χ4v) is 2.92. The van der Waals surface area contributed by atoms with Crippen LogP contribution in [0, 0.1) is 0 Å². The molecule has 0 bridgehead atoms. The highest BCUT2D eigenvalue weighted by Crippen LogP contribution is 2.20. The summed E-state index contributed by atoms with van der Waals surface area (Å²) in [5.74, 6) is 0.0372. The van der Waals surface area contributed by atoms with Gasteiger partial charge in [-0.05, 0) is 14.0 Å². The Bertz CT molecular complexity index is 427. The molecule has 0 unspecified atom stereocenters. The molecule has 2 rings (SSSR count). The lowest BCUT2D eigenvalue weighted by Crippen LogP contribution is -2.47. The van der Waals surface area contributed by atoms with Crippen molar-refractivity contribution in [1.82, 2.24) is 9.88 Å². The van der Waals surface area contributed by atoms with Crippen molar-refractivity contribution in [2.75, 3.05) is 51.4 Å². The molecular formula is C14H23N3O3S. The molecule has 0 saturated carbocycles. The lowest BCUT2D eigenvalue weighted by atomic mass is 10.2. The minimum Gasteiger partial charge on any atom is -0.381 e. The summed E-state index contributed by atoms with van der Waals surface area (Å²) in [5, 5.41) is 2.61. The van der Waals surface area contributed by atoms with Crippen molar-refractivity contribution in [3.8, 4) is 0 Å². The number of rotatable bonds is 7. The summed E-state index contributed by atoms with van der Waals surface area (Å²) >= 11 is 1.47. The molecule has 1 amide bonds. The molecule has 0 radical (unpaired) electrons. The van der Waals surface area contributed by atoms with Crippen molar-refractivity contribution in [3.05, 3.63) is 11.6 Å². The van der Waals surface area contributed by atoms with Gasteiger partial charge in [-0.3, -0.25) is 9.69 Å². The van der Waals surface area contributed by atoms with E-state index in [1.54, 1.807) is 11.1 Å². The summed E-state index contributed by atoms with van der Waals surface area (Å²) in [6.07, 6.45) is 2.12. The van der Waals surface area contributed by atoms with Gasteiger partial charge in [0.15, 0.2) is 5.13 Å². The molecule has 6 nitrogen and oxygen atoms in total. The van der Waals surface area contributed by atoms with E-state index < -0.39 is 0 Å². The Hall–Kier alpha value is -1.02. The van der Waals surface area contributed by atoms with E-state index in [2.05, 4.69) is 16.9 Å². The third kappa shape index (κ3) is 5.03. The number of morpholine rings is 1. The van der Waals surface area contributed by atoms with Crippen LogP contribution in [0.15, 0.2) is 11.6 Å². The number of ether oxygens (including phenoxy) is 2. The van der Waals surface area contributed by atoms with Crippen LogP contribution in [0.3, 0.4) is 0 Å². The van der Waals surface area contributed by atoms with Gasteiger partial charge in [0.1, 0.15) is 0 Å². The van der Waals surface area contributed by atoms with E-state index in [1.165, 1.54) is 11.3 Å². The van der Waals surface area contributed by atoms with Crippen LogP contribution in [-0.4, -0.2) is 68.4 Å². The van der Waals surface area contributed by atoms with Gasteiger partial charge < -0.3 is 14.4 Å². The molecule has 1 saturated heterocycles. The number of anilines is 1. The maximum atomic E-state index is 12.4. The Labute approximate surface area is 129 Å². The molecule has 0 N–H and O–H groups in total. The topological polar surface area (TPSA) is 54.9 Å². The van der Waals surface area contributed by atoms with Crippen molar-refractivity contribution in [3.63, 3.8) is 0 Å². The van der Waals surface area contributed by atoms with E-state index in [4.69, 9.17) is 9.47 Å². The third-order valence-corrected chi connectivity index (χ3v) is 4.14. The quantitative estimate of drug-likeness (QED) is 0.709. The van der Waals surface area contributed by atoms with Crippen molar-refractivity contribution in [1.29, 1.82) is 0 Å². The lowest BCUT2D eigenvalue weighted by Gasteiger charge is -2.33. The highest BCUT2D eigenvalue weighted by molar-refractivity contribution is 7.13. The van der Waals surface area contributed by atoms with E-state index in [1.807, 2.05) is 12.3 Å². The SMILES string of the molecule is CCOCCC(=O)N(C[C@@H]1CN(C)CCO1)c1nccs1. The van der Waals surface area contributed by atoms with Crippen LogP contribution < -0.4 is 4.90 Å². The maximum Gasteiger partial charge on any atom is 0.231 e. The maximum absolute atomic E-state index is 12.4. The van der Waals surface area contributed by atoms with Gasteiger partial charge in [-0.2, -0.15) is 0 Å². The molecule has 1 aromatic heterocycles. The van der Waals surface area contributed by atoms with E-state index in [-0.39, 0.29) is 12.0 Å². The Kier molecular flexibility index (Phi) is 6.56. The molecular weight excluding hydrogens is 290 g/mol. The van der Waals surface area contributed by atoms with Crippen molar-refractivity contribution in [2.45, 2.75) is 19.4 Å². The minimum absolute atomic E-state index is 0.0312. The van der Waals surface area contributed by atoms with Crippen LogP contribution in [-0.2, 0) is 14.3 Å². The summed E-state index contributed by atoms with van der Waals surface area (Å²) in [4.78, 5) is 20.6. The smallest absolute Gasteiger partial charge is 0.231 e. The highest BCUT2D eigenvalue weighted by atomic mass is 32.1. The predicted molar refractivity (Wildman–Crippen MR) is 82.8 cm³/mol. The molecule has 21 heavy (non-hydrogen) atoms. The molecule has 1 aliphatic rings. The normalized spacial score (nSPS) is 19.6. The molecule has 2 heterocycles. The summed E-state index contributed by atoms with van der Waals surface area (Å²) in [6.45, 7) is 6.02. The Morgan fingerprint density at radius 3 is 3.19 bits per heavy atom. The standard InChI is InChI=1S/C14H23N3O3S/c1-3-19-7-4-13(18)17(14-15-5-9-21-14)11-12-10-16(2)6-8-20-12/h5,9,12H,3-4,6-8,10-11H2,1-2H3/t12-/m0/s1. The van der Waals surface area contributed by atoms with Crippen molar-refractivity contribution in [2.24, 2.45) is 0 Å². The van der Waals surface area contributed by atoms with Crippen LogP contribution in [0.2, 0.25) is 0 Å². The van der Waals surface area contributed by atoms with E-state index in [0.717, 1.165) is 18.2 Å². The third-order valence-electron chi connectivity index (χ3n) is 3.34. The van der Waals surface area contributed by atoms with Gasteiger partial charge in [0.2, 0.25) is 5.91 Å². The summed E-state index contributed by atoms with van der Waals surface area (Å²) < 4.78 is 11.0. The zero-order valence-electron chi connectivity index (χ0n) is 12.7. The zero-order valence-corrected chi connectivity index (χ0v) is 13.5. The van der Waals surface area contributed by atoms with Crippen molar-refractivity contribution < 1.29 is 14.3 Å². The largest absolute Gasteiger partial charge is 0.381 e. The lowest BCUT2D eigenvalue weighted by molar-refractivity contribution is -0.120. The molecule has 7 heteroatoms. The van der Waals surface area contributed by atoms with Crippen LogP contribution in [0.25, 0.3) is 0 Å². The van der Waals surface area contributed by atoms with Gasteiger partial charge in [-0.25, -0.2) is 4.98 Å². The van der Waals surface area contributed by atoms with Gasteiger partial charge in [0.05, 0.1) is 32.3 Å². The number of hydrogen-bond acceptors (Lipinski definition) is 6. The van der Waals surface area contributed by atoms with E-state index in [0.29, 0.717) is 32.8 Å². The molecule has 1 aromatic rings. The van der Waals surface area contributed by atoms with Crippen LogP contribution in [0.5, 0.6) is 0 Å². The minimum atomic E-state index is 0.0312. The molecule has 1 fully saturated rings. The van der Waals surface area contributed by atoms with Gasteiger partial charge in [0.25, 0.3) is 0 Å². The molecule has 1 atom stereocenters. The van der Waals surface area contributed by atoms with Crippen molar-refractivity contribution >= 4 is 22.4 Å². The van der Waals surface area contributed by atoms with E-state index in [9.17, 15) is 4.79 Å². The molecule has 0 spiro atoms. The zero-order chi connectivity index (χ0) is 15.1. The molecule has 1 aliphatic heterocycles. The second kappa shape index (κ2) is 8.43. The number of hydrogen-bond donors (Lipinski definition) is 0. The summed E-state index contributed by atoms with van der Waals surface area (Å²) in [6, 6.07) is 0. The first-order chi connectivity index (χ1) is 10.2. The molecule has 118 valence electrons. The van der Waals surface area contributed by atoms with Crippen LogP contribution >= 0.6 is 11.3 Å². The fraction of sp³-hybridized carbons (Fsp3) is 0.714. The molecule has 0 aromatic carbocycles. The van der Waals surface area contributed by atoms with Gasteiger partial charge in [0, 0.05) is 31.3 Å². The second-order valence-corrected chi connectivity index (χ2v) is 5.89. The number of amides is 1. The summed E-state index contributed by atoms with van der Waals surface area (Å²) in [5.41, 5.74) is 0. The number of nitrogens with zero attached hydrogens (tertiary/aromatic N) is 3. The number of likely N-dealkylation sites (N-methyl/N-ethyl adjacent to an activating group) is 1. The first-order valence-corrected chi connectivity index (χ1v) is 8.16. The van der Waals surface area contributed by atoms with Crippen LogP contribution in [0.1, 0.15) is 13.3 Å². The monoisotopic (exact) mass is 313 g/mol. The van der Waals surface area contributed by atoms with E-state index >= 15 is 0 Å². The number of carbonyl (C=O) groups is 1. The average molecular weight is 313 g/mol. The van der Waals surface area contributed by atoms with Gasteiger partial charge in [-0.1, -0.05) is 0 Å². The number of aromatic nitrogens is 1. The predicted octanol–water partition coefficient (Wildman–Crippen LogP) is 1.23. The first-order valence-electron chi connectivity index (χ1n) is 7.28. The Morgan fingerprint density at radius 2 is 2.52 bits per heavy atom. The Morgan fingerprint density at radius 1 is 1.67 bits per heavy atom. The van der Waals surface area contributed by atoms with Gasteiger partial charge >= 0.3 is 0 Å². The average Bonchev–Trinajstić information content (AvgIpc) is 2.99. The fourth-order valence-electron chi connectivity index (χ4n) is 2.26. The second-order valence-electron chi connectivity index (χ2n) is 5.02. The van der Waals surface area contributed by atoms with Gasteiger partial charge in [-0.15, -0.1) is 11.3 Å². The first kappa shape index (κ1) is 16.4. The summed E-state index contributed by atoms with van der Waals surface area (Å²) in [7, 11) is 2.07. The highest BCUT2D eigenvalue weighted by Gasteiger charge is 2.25. The Balaban J connectivity index is 1.97. The number of carbonyl (C=O) groups excluding carboxylic acids is 1. The van der Waals surface area contributed by atoms with Crippen LogP contribution in [0.4, 0.5) is 5.13 Å². The molecule has 0 aliphatic carbocycles. The number of thiazole rings is 1.